The monoisotopic (exact) mass is 353 g/mol. The Morgan fingerprint density at radius 3 is 2.33 bits per heavy atom. The van der Waals surface area contributed by atoms with E-state index < -0.39 is 15.8 Å². The fraction of sp³-hybridized carbons (Fsp3) is 0.250. The maximum atomic E-state index is 12.7. The quantitative estimate of drug-likeness (QED) is 0.451. The fourth-order valence-electron chi connectivity index (χ4n) is 0.687. The molecule has 0 aliphatic heterocycles. The summed E-state index contributed by atoms with van der Waals surface area (Å²) in [6.07, 6.45) is -4.59. The van der Waals surface area contributed by atoms with Crippen molar-refractivity contribution in [2.45, 2.75) is 10.0 Å². The number of alkyl halides is 5. The van der Waals surface area contributed by atoms with Gasteiger partial charge in [-0.2, -0.15) is 17.6 Å². The van der Waals surface area contributed by atoms with Crippen molar-refractivity contribution in [3.05, 3.63) is 29.3 Å². The van der Waals surface area contributed by atoms with E-state index in [4.69, 9.17) is 11.6 Å². The van der Waals surface area contributed by atoms with Crippen molar-refractivity contribution < 1.29 is 22.3 Å². The molecule has 0 N–H and O–H groups in total. The number of halogens is 6. The second-order valence-electron chi connectivity index (χ2n) is 2.50. The number of rotatable bonds is 3. The molecule has 83 valence electrons. The minimum absolute atomic E-state index is 0.0695. The van der Waals surface area contributed by atoms with Crippen molar-refractivity contribution in [2.24, 2.45) is 0 Å². The van der Waals surface area contributed by atoms with Gasteiger partial charge in [-0.3, -0.25) is 0 Å². The Labute approximate surface area is 102 Å². The minimum Gasteiger partial charge on any atom is -0.427 e. The van der Waals surface area contributed by atoms with Crippen LogP contribution in [0, 0.1) is 6.07 Å². The van der Waals surface area contributed by atoms with Crippen molar-refractivity contribution in [3.63, 3.8) is 0 Å². The molecule has 1 rings (SSSR count). The van der Waals surface area contributed by atoms with Crippen LogP contribution in [-0.2, 0) is 0 Å². The van der Waals surface area contributed by atoms with Gasteiger partial charge in [0.05, 0.1) is 0 Å². The summed E-state index contributed by atoms with van der Waals surface area (Å²) in [5, 5.41) is 0.0695. The first-order chi connectivity index (χ1) is 6.72. The molecule has 1 radical (unpaired) electrons. The Balaban J connectivity index is 2.87. The van der Waals surface area contributed by atoms with E-state index in [2.05, 4.69) is 10.8 Å². The summed E-state index contributed by atoms with van der Waals surface area (Å²) in [4.78, 5) is 0. The van der Waals surface area contributed by atoms with Gasteiger partial charge in [0.25, 0.3) is 0 Å². The average molecular weight is 353 g/mol. The summed E-state index contributed by atoms with van der Waals surface area (Å²) in [6.45, 7) is 0. The molecule has 0 aliphatic carbocycles. The Hall–Kier alpha value is -0.240. The molecule has 0 fully saturated rings. The van der Waals surface area contributed by atoms with Gasteiger partial charge in [0, 0.05) is 27.6 Å². The Kier molecular flexibility index (Phi) is 3.70. The molecule has 1 aromatic rings. The normalized spacial score (nSPS) is 12.7. The molecule has 7 heteroatoms. The van der Waals surface area contributed by atoms with Gasteiger partial charge >= 0.3 is 10.0 Å². The maximum absolute atomic E-state index is 12.7. The Bertz CT molecular complexity index is 353. The van der Waals surface area contributed by atoms with Gasteiger partial charge in [-0.05, 0) is 24.3 Å². The van der Waals surface area contributed by atoms with E-state index in [1.54, 1.807) is 0 Å². The summed E-state index contributed by atoms with van der Waals surface area (Å²) < 4.78 is 49.7. The highest BCUT2D eigenvalue weighted by molar-refractivity contribution is 14.1. The van der Waals surface area contributed by atoms with Gasteiger partial charge < -0.3 is 4.74 Å². The molecule has 1 nitrogen and oxygen atoms in total. The van der Waals surface area contributed by atoms with Crippen molar-refractivity contribution in [2.75, 3.05) is 0 Å². The van der Waals surface area contributed by atoms with Crippen molar-refractivity contribution in [1.29, 1.82) is 0 Å². The van der Waals surface area contributed by atoms with Crippen LogP contribution in [0.25, 0.3) is 0 Å². The van der Waals surface area contributed by atoms with Gasteiger partial charge in [0.1, 0.15) is 5.75 Å². The molecule has 0 aromatic heterocycles. The predicted octanol–water partition coefficient (Wildman–Crippen LogP) is 4.14. The van der Waals surface area contributed by atoms with Gasteiger partial charge in [0.2, 0.25) is 0 Å². The average Bonchev–Trinajstić information content (AvgIpc) is 2.00. The third-order valence-corrected chi connectivity index (χ3v) is 2.15. The summed E-state index contributed by atoms with van der Waals surface area (Å²) >= 11 is 5.75. The molecule has 0 bridgehead atoms. The van der Waals surface area contributed by atoms with Crippen LogP contribution in [0.4, 0.5) is 17.6 Å². The van der Waals surface area contributed by atoms with Crippen LogP contribution in [0.3, 0.4) is 0 Å². The summed E-state index contributed by atoms with van der Waals surface area (Å²) in [6, 6.07) is 5.63. The first-order valence-corrected chi connectivity index (χ1v) is 4.98. The molecule has 0 unspecified atom stereocenters. The smallest absolute Gasteiger partial charge is 0.427 e. The maximum Gasteiger partial charge on any atom is 0.474 e. The van der Waals surface area contributed by atoms with Crippen LogP contribution >= 0.6 is 34.2 Å². The van der Waals surface area contributed by atoms with Crippen molar-refractivity contribution >= 4 is 34.2 Å². The highest BCUT2D eigenvalue weighted by Gasteiger charge is 2.57. The third-order valence-electron chi connectivity index (χ3n) is 1.30. The molecule has 0 heterocycles. The molecule has 0 spiro atoms. The first-order valence-electron chi connectivity index (χ1n) is 3.52. The molecular formula is C8H3ClF4IO. The topological polar surface area (TPSA) is 9.23 Å². The van der Waals surface area contributed by atoms with E-state index in [-0.39, 0.29) is 5.02 Å². The molecule has 15 heavy (non-hydrogen) atoms. The van der Waals surface area contributed by atoms with E-state index in [0.717, 1.165) is 12.1 Å². The highest BCUT2D eigenvalue weighted by atomic mass is 127. The van der Waals surface area contributed by atoms with Crippen LogP contribution in [-0.4, -0.2) is 10.0 Å². The minimum atomic E-state index is -4.59. The van der Waals surface area contributed by atoms with Crippen LogP contribution < -0.4 is 4.74 Å². The van der Waals surface area contributed by atoms with E-state index in [9.17, 15) is 17.6 Å². The Morgan fingerprint density at radius 2 is 1.87 bits per heavy atom. The zero-order chi connectivity index (χ0) is 11.7. The number of hydrogen-bond donors (Lipinski definition) is 0. The lowest BCUT2D eigenvalue weighted by molar-refractivity contribution is -0.261. The van der Waals surface area contributed by atoms with Crippen molar-refractivity contribution in [3.8, 4) is 5.75 Å². The van der Waals surface area contributed by atoms with Crippen LogP contribution in [0.1, 0.15) is 0 Å². The largest absolute Gasteiger partial charge is 0.474 e. The van der Waals surface area contributed by atoms with Gasteiger partial charge in [-0.25, -0.2) is 0 Å². The fourth-order valence-corrected chi connectivity index (χ4v) is 0.968. The summed E-state index contributed by atoms with van der Waals surface area (Å²) in [7, 11) is 0. The Morgan fingerprint density at radius 1 is 1.27 bits per heavy atom. The summed E-state index contributed by atoms with van der Waals surface area (Å²) in [5.41, 5.74) is 0. The molecule has 0 saturated heterocycles. The van der Waals surface area contributed by atoms with Crippen LogP contribution in [0.2, 0.25) is 5.02 Å². The first kappa shape index (κ1) is 12.8. The van der Waals surface area contributed by atoms with Gasteiger partial charge in [-0.15, -0.1) is 0 Å². The SMILES string of the molecule is FC(F)(I)C(F)(F)Oc1c[c]cc(Cl)c1. The molecule has 0 aliphatic rings. The van der Waals surface area contributed by atoms with Crippen molar-refractivity contribution in [1.82, 2.24) is 0 Å². The predicted molar refractivity (Wildman–Crippen MR) is 54.8 cm³/mol. The highest BCUT2D eigenvalue weighted by Crippen LogP contribution is 2.41. The molecule has 0 atom stereocenters. The lowest BCUT2D eigenvalue weighted by Crippen LogP contribution is -2.40. The molecule has 0 amide bonds. The van der Waals surface area contributed by atoms with E-state index in [1.165, 1.54) is 6.07 Å². The van der Waals surface area contributed by atoms with E-state index >= 15 is 0 Å². The zero-order valence-electron chi connectivity index (χ0n) is 6.91. The lowest BCUT2D eigenvalue weighted by Gasteiger charge is -2.21. The van der Waals surface area contributed by atoms with Gasteiger partial charge in [-0.1, -0.05) is 11.6 Å². The lowest BCUT2D eigenvalue weighted by atomic mass is 10.3. The number of hydrogen-bond acceptors (Lipinski definition) is 1. The van der Waals surface area contributed by atoms with E-state index in [1.807, 2.05) is 0 Å². The molecular weight excluding hydrogens is 350 g/mol. The third kappa shape index (κ3) is 3.37. The molecule has 1 aromatic carbocycles. The second-order valence-corrected chi connectivity index (χ2v) is 4.29. The number of benzene rings is 1. The van der Waals surface area contributed by atoms with Gasteiger partial charge in [0.15, 0.2) is 0 Å². The standard InChI is InChI=1S/C8H3ClF4IO/c9-5-2-1-3-6(4-5)15-8(12,13)7(10,11)14/h2-4H. The summed E-state index contributed by atoms with van der Waals surface area (Å²) in [5.74, 6) is -0.469. The van der Waals surface area contributed by atoms with E-state index in [0.29, 0.717) is 22.6 Å². The molecule has 0 saturated carbocycles. The number of ether oxygens (including phenoxy) is 1. The van der Waals surface area contributed by atoms with Crippen LogP contribution in [0.5, 0.6) is 5.75 Å². The second kappa shape index (κ2) is 4.32. The van der Waals surface area contributed by atoms with Crippen LogP contribution in [0.15, 0.2) is 18.2 Å². The zero-order valence-corrected chi connectivity index (χ0v) is 9.82.